The van der Waals surface area contributed by atoms with E-state index < -0.39 is 0 Å². The molecule has 0 radical (unpaired) electrons. The Morgan fingerprint density at radius 2 is 2.13 bits per heavy atom. The number of rotatable bonds is 2. The highest BCUT2D eigenvalue weighted by atomic mass is 15.0. The number of nitrogens with zero attached hydrogens (tertiary/aromatic N) is 2. The Morgan fingerprint density at radius 1 is 1.27 bits per heavy atom. The zero-order chi connectivity index (χ0) is 10.7. The maximum absolute atomic E-state index is 4.57. The van der Waals surface area contributed by atoms with Gasteiger partial charge in [-0.1, -0.05) is 0 Å². The normalized spacial score (nSPS) is 16.0. The van der Waals surface area contributed by atoms with Gasteiger partial charge in [0.2, 0.25) is 0 Å². The van der Waals surface area contributed by atoms with Gasteiger partial charge in [0.05, 0.1) is 0 Å². The molecule has 0 amide bonds. The zero-order valence-corrected chi connectivity index (χ0v) is 9.38. The Morgan fingerprint density at radius 3 is 2.73 bits per heavy atom. The van der Waals surface area contributed by atoms with Gasteiger partial charge in [-0.25, -0.2) is 4.98 Å². The molecule has 1 aliphatic heterocycles. The second kappa shape index (κ2) is 4.43. The predicted molar refractivity (Wildman–Crippen MR) is 63.8 cm³/mol. The van der Waals surface area contributed by atoms with E-state index >= 15 is 0 Å². The van der Waals surface area contributed by atoms with E-state index in [0.29, 0.717) is 0 Å². The summed E-state index contributed by atoms with van der Waals surface area (Å²) >= 11 is 0. The van der Waals surface area contributed by atoms with Crippen molar-refractivity contribution in [1.82, 2.24) is 4.98 Å². The van der Waals surface area contributed by atoms with E-state index in [9.17, 15) is 0 Å². The van der Waals surface area contributed by atoms with Gasteiger partial charge in [-0.05, 0) is 38.3 Å². The average molecular weight is 203 g/mol. The van der Waals surface area contributed by atoms with Crippen molar-refractivity contribution in [3.8, 4) is 0 Å². The number of anilines is 1. The fourth-order valence-corrected chi connectivity index (χ4v) is 1.92. The fourth-order valence-electron chi connectivity index (χ4n) is 1.92. The summed E-state index contributed by atoms with van der Waals surface area (Å²) in [5.74, 6) is 0.924. The van der Waals surface area contributed by atoms with Crippen LogP contribution in [0, 0.1) is 6.92 Å². The maximum Gasteiger partial charge on any atom is 0.125 e. The van der Waals surface area contributed by atoms with Gasteiger partial charge in [-0.15, -0.1) is 0 Å². The van der Waals surface area contributed by atoms with Crippen LogP contribution in [0.5, 0.6) is 0 Å². The smallest absolute Gasteiger partial charge is 0.125 e. The van der Waals surface area contributed by atoms with Crippen LogP contribution in [-0.2, 0) is 0 Å². The summed E-state index contributed by atoms with van der Waals surface area (Å²) in [5, 5.41) is 3.05. The molecule has 2 rings (SSSR count). The van der Waals surface area contributed by atoms with E-state index in [2.05, 4.69) is 21.4 Å². The molecule has 0 bridgehead atoms. The predicted octanol–water partition coefficient (Wildman–Crippen LogP) is 2.40. The number of aryl methyl sites for hydroxylation is 1. The average Bonchev–Trinajstić information content (AvgIpc) is 2.30. The molecule has 1 N–H and O–H groups in total. The molecule has 80 valence electrons. The Labute approximate surface area is 90.6 Å². The lowest BCUT2D eigenvalue weighted by atomic mass is 10.0. The van der Waals surface area contributed by atoms with E-state index in [1.807, 2.05) is 20.0 Å². The first-order chi connectivity index (χ1) is 7.31. The van der Waals surface area contributed by atoms with Crippen LogP contribution >= 0.6 is 0 Å². The van der Waals surface area contributed by atoms with Crippen LogP contribution < -0.4 is 5.32 Å². The van der Waals surface area contributed by atoms with Gasteiger partial charge in [-0.2, -0.15) is 0 Å². The van der Waals surface area contributed by atoms with Gasteiger partial charge < -0.3 is 5.32 Å². The van der Waals surface area contributed by atoms with Crippen LogP contribution in [0.15, 0.2) is 17.1 Å². The van der Waals surface area contributed by atoms with Crippen molar-refractivity contribution in [1.29, 1.82) is 0 Å². The first kappa shape index (κ1) is 10.1. The van der Waals surface area contributed by atoms with Crippen LogP contribution in [0.4, 0.5) is 5.82 Å². The van der Waals surface area contributed by atoms with Crippen molar-refractivity contribution in [3.05, 3.63) is 23.4 Å². The number of aromatic nitrogens is 1. The van der Waals surface area contributed by atoms with E-state index in [-0.39, 0.29) is 0 Å². The van der Waals surface area contributed by atoms with Crippen molar-refractivity contribution in [3.63, 3.8) is 0 Å². The second-order valence-corrected chi connectivity index (χ2v) is 3.86. The molecular formula is C12H17N3. The van der Waals surface area contributed by atoms with Crippen LogP contribution in [0.2, 0.25) is 0 Å². The molecule has 3 nitrogen and oxygen atoms in total. The molecule has 15 heavy (non-hydrogen) atoms. The third-order valence-corrected chi connectivity index (χ3v) is 2.78. The monoisotopic (exact) mass is 203 g/mol. The fraction of sp³-hybridized carbons (Fsp3) is 0.500. The van der Waals surface area contributed by atoms with Gasteiger partial charge in [0.15, 0.2) is 0 Å². The number of nitrogens with one attached hydrogen (secondary N) is 1. The van der Waals surface area contributed by atoms with Crippen molar-refractivity contribution in [2.75, 3.05) is 18.9 Å². The van der Waals surface area contributed by atoms with Crippen LogP contribution in [0.25, 0.3) is 0 Å². The molecule has 0 aliphatic carbocycles. The molecule has 1 aromatic rings. The van der Waals surface area contributed by atoms with Gasteiger partial charge in [0.1, 0.15) is 5.82 Å². The van der Waals surface area contributed by atoms with Crippen LogP contribution in [0.3, 0.4) is 0 Å². The van der Waals surface area contributed by atoms with Crippen LogP contribution in [0.1, 0.15) is 30.5 Å². The highest BCUT2D eigenvalue weighted by Gasteiger charge is 2.11. The summed E-state index contributed by atoms with van der Waals surface area (Å²) in [6, 6.07) is 4.14. The summed E-state index contributed by atoms with van der Waals surface area (Å²) in [6.45, 7) is 3.02. The SMILES string of the molecule is CNc1ccc(C2=NCCCC2)c(C)n1. The van der Waals surface area contributed by atoms with E-state index in [0.717, 1.165) is 24.5 Å². The molecule has 1 aliphatic rings. The quantitative estimate of drug-likeness (QED) is 0.801. The second-order valence-electron chi connectivity index (χ2n) is 3.86. The molecule has 2 heterocycles. The third kappa shape index (κ3) is 2.17. The van der Waals surface area contributed by atoms with Gasteiger partial charge in [-0.3, -0.25) is 4.99 Å². The van der Waals surface area contributed by atoms with E-state index in [4.69, 9.17) is 0 Å². The largest absolute Gasteiger partial charge is 0.373 e. The molecule has 0 spiro atoms. The first-order valence-electron chi connectivity index (χ1n) is 5.50. The summed E-state index contributed by atoms with van der Waals surface area (Å²) in [6.07, 6.45) is 3.58. The van der Waals surface area contributed by atoms with Gasteiger partial charge >= 0.3 is 0 Å². The number of hydrogen-bond donors (Lipinski definition) is 1. The third-order valence-electron chi connectivity index (χ3n) is 2.78. The highest BCUT2D eigenvalue weighted by molar-refractivity contribution is 6.01. The molecule has 0 aromatic carbocycles. The lowest BCUT2D eigenvalue weighted by Crippen LogP contribution is -2.10. The molecule has 1 aromatic heterocycles. The summed E-state index contributed by atoms with van der Waals surface area (Å²) in [5.41, 5.74) is 3.52. The standard InChI is InChI=1S/C12H17N3/c1-9-10(6-7-12(13-2)15-9)11-5-3-4-8-14-11/h6-7H,3-5,8H2,1-2H3,(H,13,15). The highest BCUT2D eigenvalue weighted by Crippen LogP contribution is 2.17. The molecule has 3 heteroatoms. The zero-order valence-electron chi connectivity index (χ0n) is 9.38. The molecule has 0 unspecified atom stereocenters. The minimum atomic E-state index is 0.924. The van der Waals surface area contributed by atoms with Crippen molar-refractivity contribution < 1.29 is 0 Å². The summed E-state index contributed by atoms with van der Waals surface area (Å²) in [4.78, 5) is 9.05. The topological polar surface area (TPSA) is 37.3 Å². The minimum absolute atomic E-state index is 0.924. The number of hydrogen-bond acceptors (Lipinski definition) is 3. The van der Waals surface area contributed by atoms with Gasteiger partial charge in [0.25, 0.3) is 0 Å². The number of aliphatic imine (C=N–C) groups is 1. The van der Waals surface area contributed by atoms with Crippen molar-refractivity contribution in [2.24, 2.45) is 4.99 Å². The molecule has 0 atom stereocenters. The molecule has 0 saturated heterocycles. The van der Waals surface area contributed by atoms with Crippen molar-refractivity contribution >= 4 is 11.5 Å². The van der Waals surface area contributed by atoms with E-state index in [1.165, 1.54) is 24.1 Å². The molecular weight excluding hydrogens is 186 g/mol. The Hall–Kier alpha value is -1.38. The molecule has 0 saturated carbocycles. The van der Waals surface area contributed by atoms with Crippen LogP contribution in [-0.4, -0.2) is 24.3 Å². The Balaban J connectivity index is 2.32. The first-order valence-corrected chi connectivity index (χ1v) is 5.50. The summed E-state index contributed by atoms with van der Waals surface area (Å²) in [7, 11) is 1.89. The van der Waals surface area contributed by atoms with Gasteiger partial charge in [0, 0.05) is 30.6 Å². The van der Waals surface area contributed by atoms with Crippen molar-refractivity contribution in [2.45, 2.75) is 26.2 Å². The maximum atomic E-state index is 4.57. The summed E-state index contributed by atoms with van der Waals surface area (Å²) < 4.78 is 0. The minimum Gasteiger partial charge on any atom is -0.373 e. The molecule has 0 fully saturated rings. The Kier molecular flexibility index (Phi) is 2.99. The lowest BCUT2D eigenvalue weighted by molar-refractivity contribution is 0.738. The number of pyridine rings is 1. The Bertz CT molecular complexity index is 382. The van der Waals surface area contributed by atoms with E-state index in [1.54, 1.807) is 0 Å². The lowest BCUT2D eigenvalue weighted by Gasteiger charge is -2.14.